The van der Waals surface area contributed by atoms with E-state index >= 15 is 0 Å². The highest BCUT2D eigenvalue weighted by Gasteiger charge is 2.20. The maximum atomic E-state index is 12.5. The summed E-state index contributed by atoms with van der Waals surface area (Å²) in [4.78, 5) is 21.5. The Morgan fingerprint density at radius 2 is 2.11 bits per heavy atom. The summed E-state index contributed by atoms with van der Waals surface area (Å²) in [5.41, 5.74) is 5.44. The number of fused-ring (bicyclic) bond motifs is 2. The van der Waals surface area contributed by atoms with Crippen LogP contribution in [0.4, 0.5) is 5.69 Å². The quantitative estimate of drug-likeness (QED) is 0.537. The van der Waals surface area contributed by atoms with Crippen LogP contribution < -0.4 is 5.32 Å². The minimum Gasteiger partial charge on any atom is -0.462 e. The minimum absolute atomic E-state index is 0.300. The molecule has 4 rings (SSSR count). The van der Waals surface area contributed by atoms with Crippen LogP contribution in [-0.4, -0.2) is 36.7 Å². The van der Waals surface area contributed by atoms with E-state index in [-0.39, 0.29) is 0 Å². The topological polar surface area (TPSA) is 86.3 Å². The van der Waals surface area contributed by atoms with Crippen LogP contribution in [0, 0.1) is 13.8 Å². The summed E-state index contributed by atoms with van der Waals surface area (Å²) in [5.74, 6) is -0.409. The van der Waals surface area contributed by atoms with Crippen LogP contribution in [0.1, 0.15) is 34.4 Å². The average molecular weight is 378 g/mol. The van der Waals surface area contributed by atoms with Gasteiger partial charge < -0.3 is 14.5 Å². The van der Waals surface area contributed by atoms with Gasteiger partial charge >= 0.3 is 5.97 Å². The van der Waals surface area contributed by atoms with Gasteiger partial charge in [0.1, 0.15) is 11.2 Å². The zero-order valence-electron chi connectivity index (χ0n) is 16.4. The fourth-order valence-electron chi connectivity index (χ4n) is 3.42. The van der Waals surface area contributed by atoms with Crippen LogP contribution >= 0.6 is 0 Å². The largest absolute Gasteiger partial charge is 0.462 e. The van der Waals surface area contributed by atoms with Crippen molar-refractivity contribution in [3.63, 3.8) is 0 Å². The predicted molar refractivity (Wildman–Crippen MR) is 106 cm³/mol. The van der Waals surface area contributed by atoms with Crippen LogP contribution in [0.2, 0.25) is 0 Å². The van der Waals surface area contributed by atoms with E-state index in [4.69, 9.17) is 4.74 Å². The Morgan fingerprint density at radius 3 is 2.86 bits per heavy atom. The third-order valence-corrected chi connectivity index (χ3v) is 4.71. The first-order chi connectivity index (χ1) is 13.5. The van der Waals surface area contributed by atoms with Gasteiger partial charge in [0.25, 0.3) is 0 Å². The second-order valence-electron chi connectivity index (χ2n) is 6.66. The Labute approximate surface area is 162 Å². The maximum Gasteiger partial charge on any atom is 0.341 e. The molecule has 0 fully saturated rings. The van der Waals surface area contributed by atoms with Gasteiger partial charge in [0.2, 0.25) is 0 Å². The van der Waals surface area contributed by atoms with Crippen LogP contribution in [0.3, 0.4) is 0 Å². The minimum atomic E-state index is -0.409. The van der Waals surface area contributed by atoms with E-state index in [1.165, 1.54) is 6.20 Å². The third-order valence-electron chi connectivity index (χ3n) is 4.71. The van der Waals surface area contributed by atoms with Crippen molar-refractivity contribution in [3.8, 4) is 0 Å². The molecule has 0 aliphatic heterocycles. The number of pyridine rings is 2. The Hall–Kier alpha value is -3.42. The number of carbonyl (C=O) groups is 1. The lowest BCUT2D eigenvalue weighted by Crippen LogP contribution is -2.11. The number of anilines is 1. The number of esters is 1. The van der Waals surface area contributed by atoms with Crippen molar-refractivity contribution in [1.82, 2.24) is 24.1 Å². The van der Waals surface area contributed by atoms with Gasteiger partial charge in [-0.1, -0.05) is 6.07 Å². The summed E-state index contributed by atoms with van der Waals surface area (Å²) in [5, 5.41) is 8.63. The summed E-state index contributed by atoms with van der Waals surface area (Å²) in [6.07, 6.45) is 3.54. The SMILES string of the molecule is CCOC(=O)c1cnc2c(c(C)nn2C)c1NCc1cn2c(C)cccc2n1. The highest BCUT2D eigenvalue weighted by molar-refractivity contribution is 6.05. The Bertz CT molecular complexity index is 1190. The molecule has 0 aromatic carbocycles. The second-order valence-corrected chi connectivity index (χ2v) is 6.66. The molecule has 0 amide bonds. The van der Waals surface area contributed by atoms with Crippen molar-refractivity contribution in [2.24, 2.45) is 7.05 Å². The summed E-state index contributed by atoms with van der Waals surface area (Å²) < 4.78 is 8.96. The molecule has 0 radical (unpaired) electrons. The highest BCUT2D eigenvalue weighted by atomic mass is 16.5. The van der Waals surface area contributed by atoms with Gasteiger partial charge in [-0.05, 0) is 32.9 Å². The zero-order valence-corrected chi connectivity index (χ0v) is 16.4. The normalized spacial score (nSPS) is 11.3. The third kappa shape index (κ3) is 2.96. The van der Waals surface area contributed by atoms with E-state index in [0.29, 0.717) is 30.0 Å². The van der Waals surface area contributed by atoms with Gasteiger partial charge in [0.05, 0.1) is 35.6 Å². The number of ether oxygens (including phenoxy) is 1. The standard InChI is InChI=1S/C20H22N6O2/c1-5-28-20(27)15-10-22-19-17(13(3)24-25(19)4)18(15)21-9-14-11-26-12(2)7-6-8-16(26)23-14/h6-8,10-11H,5,9H2,1-4H3,(H,21,22). The highest BCUT2D eigenvalue weighted by Crippen LogP contribution is 2.29. The van der Waals surface area contributed by atoms with E-state index in [0.717, 1.165) is 28.1 Å². The van der Waals surface area contributed by atoms with Gasteiger partial charge in [0, 0.05) is 25.1 Å². The van der Waals surface area contributed by atoms with Gasteiger partial charge in [-0.2, -0.15) is 5.10 Å². The molecule has 4 aromatic rings. The average Bonchev–Trinajstić information content (AvgIpc) is 3.22. The fraction of sp³-hybridized carbons (Fsp3) is 0.300. The summed E-state index contributed by atoms with van der Waals surface area (Å²) in [6.45, 7) is 6.48. The number of hydrogen-bond acceptors (Lipinski definition) is 6. The van der Waals surface area contributed by atoms with Gasteiger partial charge in [0.15, 0.2) is 5.65 Å². The number of imidazole rings is 1. The van der Waals surface area contributed by atoms with E-state index < -0.39 is 5.97 Å². The molecule has 0 aliphatic rings. The molecule has 0 saturated heterocycles. The molecule has 144 valence electrons. The maximum absolute atomic E-state index is 12.5. The smallest absolute Gasteiger partial charge is 0.341 e. The zero-order chi connectivity index (χ0) is 19.8. The van der Waals surface area contributed by atoms with Crippen LogP contribution in [-0.2, 0) is 18.3 Å². The van der Waals surface area contributed by atoms with E-state index in [1.54, 1.807) is 11.6 Å². The number of hydrogen-bond donors (Lipinski definition) is 1. The molecular weight excluding hydrogens is 356 g/mol. The van der Waals surface area contributed by atoms with Crippen LogP contribution in [0.15, 0.2) is 30.6 Å². The lowest BCUT2D eigenvalue weighted by molar-refractivity contribution is 0.0527. The van der Waals surface area contributed by atoms with E-state index in [9.17, 15) is 4.79 Å². The molecule has 0 aliphatic carbocycles. The fourth-order valence-corrected chi connectivity index (χ4v) is 3.42. The number of carbonyl (C=O) groups excluding carboxylic acids is 1. The van der Waals surface area contributed by atoms with Crippen LogP contribution in [0.25, 0.3) is 16.7 Å². The first kappa shape index (κ1) is 18.0. The molecule has 28 heavy (non-hydrogen) atoms. The number of nitrogens with one attached hydrogen (secondary N) is 1. The summed E-state index contributed by atoms with van der Waals surface area (Å²) in [7, 11) is 1.83. The van der Waals surface area contributed by atoms with Crippen molar-refractivity contribution < 1.29 is 9.53 Å². The van der Waals surface area contributed by atoms with Crippen molar-refractivity contribution in [2.45, 2.75) is 27.3 Å². The Balaban J connectivity index is 1.76. The molecule has 0 saturated carbocycles. The second kappa shape index (κ2) is 6.95. The molecule has 0 unspecified atom stereocenters. The van der Waals surface area contributed by atoms with Gasteiger partial charge in [-0.25, -0.2) is 14.8 Å². The first-order valence-corrected chi connectivity index (χ1v) is 9.16. The van der Waals surface area contributed by atoms with Gasteiger partial charge in [-0.3, -0.25) is 4.68 Å². The van der Waals surface area contributed by atoms with Crippen molar-refractivity contribution in [3.05, 3.63) is 53.2 Å². The monoisotopic (exact) mass is 378 g/mol. The van der Waals surface area contributed by atoms with Crippen molar-refractivity contribution in [1.29, 1.82) is 0 Å². The van der Waals surface area contributed by atoms with Crippen LogP contribution in [0.5, 0.6) is 0 Å². The van der Waals surface area contributed by atoms with Gasteiger partial charge in [-0.15, -0.1) is 0 Å². The number of aryl methyl sites for hydroxylation is 3. The van der Waals surface area contributed by atoms with E-state index in [1.807, 2.05) is 49.7 Å². The lowest BCUT2D eigenvalue weighted by Gasteiger charge is -2.12. The molecular formula is C20H22N6O2. The molecule has 8 nitrogen and oxygen atoms in total. The number of rotatable bonds is 5. The predicted octanol–water partition coefficient (Wildman–Crippen LogP) is 3.02. The molecule has 1 N–H and O–H groups in total. The van der Waals surface area contributed by atoms with Crippen molar-refractivity contribution >= 4 is 28.3 Å². The molecule has 0 spiro atoms. The van der Waals surface area contributed by atoms with E-state index in [2.05, 4.69) is 20.4 Å². The molecule has 8 heteroatoms. The number of aromatic nitrogens is 5. The summed E-state index contributed by atoms with van der Waals surface area (Å²) >= 11 is 0. The number of nitrogens with zero attached hydrogens (tertiary/aromatic N) is 5. The van der Waals surface area contributed by atoms with Crippen molar-refractivity contribution in [2.75, 3.05) is 11.9 Å². The Morgan fingerprint density at radius 1 is 1.29 bits per heavy atom. The first-order valence-electron chi connectivity index (χ1n) is 9.16. The Kier molecular flexibility index (Phi) is 4.46. The molecule has 4 aromatic heterocycles. The molecule has 4 heterocycles. The molecule has 0 atom stereocenters. The summed E-state index contributed by atoms with van der Waals surface area (Å²) in [6, 6.07) is 5.99. The molecule has 0 bridgehead atoms. The lowest BCUT2D eigenvalue weighted by atomic mass is 10.1.